The Morgan fingerprint density at radius 1 is 1.30 bits per heavy atom. The number of sulfone groups is 1. The molecular weight excluding hydrogens is 380 g/mol. The van der Waals surface area contributed by atoms with Crippen molar-refractivity contribution < 1.29 is 13.2 Å². The first-order chi connectivity index (χ1) is 12.8. The number of hydrazone groups is 1. The first-order valence-corrected chi connectivity index (χ1v) is 11.8. The molecule has 1 aliphatic rings. The molecule has 1 N–H and O–H groups in total. The summed E-state index contributed by atoms with van der Waals surface area (Å²) in [6.07, 6.45) is 5.67. The average molecular weight is 405 g/mol. The number of benzene rings is 1. The summed E-state index contributed by atoms with van der Waals surface area (Å²) in [5.41, 5.74) is 5.31. The van der Waals surface area contributed by atoms with Crippen molar-refractivity contribution in [2.45, 2.75) is 44.4 Å². The van der Waals surface area contributed by atoms with E-state index < -0.39 is 9.84 Å². The molecule has 1 aromatic heterocycles. The highest BCUT2D eigenvalue weighted by Crippen LogP contribution is 2.33. The number of amides is 1. The summed E-state index contributed by atoms with van der Waals surface area (Å²) >= 11 is 1.56. The van der Waals surface area contributed by atoms with Gasteiger partial charge in [-0.3, -0.25) is 4.79 Å². The number of nitrogens with one attached hydrogen (secondary N) is 1. The molecule has 7 heteroatoms. The Kier molecular flexibility index (Phi) is 5.81. The van der Waals surface area contributed by atoms with Crippen molar-refractivity contribution in [1.29, 1.82) is 0 Å². The van der Waals surface area contributed by atoms with E-state index in [4.69, 9.17) is 0 Å². The highest BCUT2D eigenvalue weighted by atomic mass is 32.2. The normalized spacial score (nSPS) is 17.4. The van der Waals surface area contributed by atoms with Crippen LogP contribution in [0.5, 0.6) is 0 Å². The molecule has 1 aromatic carbocycles. The molecule has 1 aliphatic carbocycles. The second-order valence-corrected chi connectivity index (χ2v) is 10.2. The number of hydrogen-bond acceptors (Lipinski definition) is 5. The van der Waals surface area contributed by atoms with Crippen molar-refractivity contribution in [3.8, 4) is 0 Å². The van der Waals surface area contributed by atoms with E-state index in [0.717, 1.165) is 24.3 Å². The summed E-state index contributed by atoms with van der Waals surface area (Å²) in [5.74, 6) is 0.521. The molecule has 0 spiro atoms. The average Bonchev–Trinajstić information content (AvgIpc) is 3.08. The van der Waals surface area contributed by atoms with Gasteiger partial charge in [-0.2, -0.15) is 5.10 Å². The summed E-state index contributed by atoms with van der Waals surface area (Å²) in [5, 5.41) is 4.17. The van der Waals surface area contributed by atoms with Crippen LogP contribution < -0.4 is 5.43 Å². The van der Waals surface area contributed by atoms with Gasteiger partial charge in [-0.05, 0) is 61.4 Å². The number of carbonyl (C=O) groups is 1. The minimum Gasteiger partial charge on any atom is -0.266 e. The van der Waals surface area contributed by atoms with Crippen molar-refractivity contribution >= 4 is 32.8 Å². The van der Waals surface area contributed by atoms with E-state index >= 15 is 0 Å². The first-order valence-electron chi connectivity index (χ1n) is 9.04. The summed E-state index contributed by atoms with van der Waals surface area (Å²) in [6.45, 7) is 4.00. The number of aryl methyl sites for hydroxylation is 1. The third-order valence-electron chi connectivity index (χ3n) is 5.01. The molecule has 5 nitrogen and oxygen atoms in total. The number of thiophene rings is 1. The maximum Gasteiger partial charge on any atom is 0.281 e. The fourth-order valence-corrected chi connectivity index (χ4v) is 4.99. The number of hydrogen-bond donors (Lipinski definition) is 1. The second-order valence-electron chi connectivity index (χ2n) is 7.01. The minimum absolute atomic E-state index is 0.199. The quantitative estimate of drug-likeness (QED) is 0.608. The molecule has 1 heterocycles. The maximum atomic E-state index is 12.4. The summed E-state index contributed by atoms with van der Waals surface area (Å²) in [6, 6.07) is 8.47. The highest BCUT2D eigenvalue weighted by Gasteiger charge is 2.22. The molecule has 0 saturated carbocycles. The number of nitrogens with zero attached hydrogens (tertiary/aromatic N) is 1. The molecule has 27 heavy (non-hydrogen) atoms. The van der Waals surface area contributed by atoms with Crippen LogP contribution in [0.3, 0.4) is 0 Å². The Labute approximate surface area is 164 Å². The van der Waals surface area contributed by atoms with Crippen LogP contribution in [0.1, 0.15) is 52.4 Å². The molecule has 1 atom stereocenters. The Morgan fingerprint density at radius 3 is 2.63 bits per heavy atom. The Bertz CT molecular complexity index is 973. The lowest BCUT2D eigenvalue weighted by Crippen LogP contribution is -2.18. The lowest BCUT2D eigenvalue weighted by molar-refractivity contribution is 0.0959. The molecule has 1 amide bonds. The van der Waals surface area contributed by atoms with E-state index in [1.807, 2.05) is 6.07 Å². The Balaban J connectivity index is 1.68. The van der Waals surface area contributed by atoms with Crippen LogP contribution in [0, 0.1) is 5.92 Å². The molecule has 0 saturated heterocycles. The Hall–Kier alpha value is -1.99. The molecule has 0 radical (unpaired) electrons. The van der Waals surface area contributed by atoms with Gasteiger partial charge in [0.1, 0.15) is 0 Å². The zero-order valence-corrected chi connectivity index (χ0v) is 17.4. The molecule has 3 rings (SSSR count). The zero-order valence-electron chi connectivity index (χ0n) is 15.8. The van der Waals surface area contributed by atoms with Crippen molar-refractivity contribution in [2.75, 3.05) is 6.26 Å². The predicted octanol–water partition coefficient (Wildman–Crippen LogP) is 3.82. The van der Waals surface area contributed by atoms with Crippen LogP contribution in [-0.2, 0) is 22.7 Å². The summed E-state index contributed by atoms with van der Waals surface area (Å²) in [4.78, 5) is 14.7. The van der Waals surface area contributed by atoms with Crippen LogP contribution in [0.2, 0.25) is 0 Å². The maximum absolute atomic E-state index is 12.4. The van der Waals surface area contributed by atoms with Gasteiger partial charge in [0.15, 0.2) is 9.84 Å². The SMILES string of the molecule is CC[C@@H]1CCc2sc(C(=O)N/N=C(/C)c3ccc(S(C)(=O)=O)cc3)cc2C1. The van der Waals surface area contributed by atoms with Crippen molar-refractivity contribution in [3.05, 3.63) is 51.2 Å². The molecule has 0 bridgehead atoms. The second kappa shape index (κ2) is 7.94. The summed E-state index contributed by atoms with van der Waals surface area (Å²) in [7, 11) is -3.22. The fourth-order valence-electron chi connectivity index (χ4n) is 3.26. The van der Waals surface area contributed by atoms with Crippen LogP contribution in [0.25, 0.3) is 0 Å². The van der Waals surface area contributed by atoms with Gasteiger partial charge in [0.25, 0.3) is 5.91 Å². The Morgan fingerprint density at radius 2 is 2.00 bits per heavy atom. The smallest absolute Gasteiger partial charge is 0.266 e. The van der Waals surface area contributed by atoms with Crippen molar-refractivity contribution in [2.24, 2.45) is 11.0 Å². The standard InChI is InChI=1S/C20H24N2O3S2/c1-4-14-5-10-18-16(11-14)12-19(26-18)20(23)22-21-13(2)15-6-8-17(9-7-15)27(3,24)25/h6-9,12,14H,4-5,10-11H2,1-3H3,(H,22,23)/b21-13-/t14-/m1/s1. The van der Waals surface area contributed by atoms with E-state index in [1.165, 1.54) is 29.5 Å². The van der Waals surface area contributed by atoms with E-state index in [1.54, 1.807) is 42.5 Å². The molecule has 144 valence electrons. The molecular formula is C20H24N2O3S2. The lowest BCUT2D eigenvalue weighted by atomic mass is 9.87. The topological polar surface area (TPSA) is 75.6 Å². The minimum atomic E-state index is -3.22. The van der Waals surface area contributed by atoms with Gasteiger partial charge < -0.3 is 0 Å². The third-order valence-corrected chi connectivity index (χ3v) is 7.38. The van der Waals surface area contributed by atoms with E-state index in [-0.39, 0.29) is 10.8 Å². The van der Waals surface area contributed by atoms with Crippen LogP contribution >= 0.6 is 11.3 Å². The van der Waals surface area contributed by atoms with Crippen molar-refractivity contribution in [1.82, 2.24) is 5.43 Å². The van der Waals surface area contributed by atoms with E-state index in [9.17, 15) is 13.2 Å². The van der Waals surface area contributed by atoms with Gasteiger partial charge in [-0.15, -0.1) is 11.3 Å². The van der Waals surface area contributed by atoms with Gasteiger partial charge in [0.05, 0.1) is 15.5 Å². The summed E-state index contributed by atoms with van der Waals surface area (Å²) < 4.78 is 23.0. The van der Waals surface area contributed by atoms with Gasteiger partial charge in [0, 0.05) is 11.1 Å². The molecule has 0 aliphatic heterocycles. The number of carbonyl (C=O) groups excluding carboxylic acids is 1. The van der Waals surface area contributed by atoms with Crippen LogP contribution in [0.15, 0.2) is 40.3 Å². The van der Waals surface area contributed by atoms with Gasteiger partial charge >= 0.3 is 0 Å². The van der Waals surface area contributed by atoms with Gasteiger partial charge in [-0.1, -0.05) is 25.5 Å². The van der Waals surface area contributed by atoms with E-state index in [0.29, 0.717) is 10.6 Å². The largest absolute Gasteiger partial charge is 0.281 e. The third kappa shape index (κ3) is 4.65. The molecule has 0 unspecified atom stereocenters. The highest BCUT2D eigenvalue weighted by molar-refractivity contribution is 7.90. The van der Waals surface area contributed by atoms with E-state index in [2.05, 4.69) is 17.5 Å². The lowest BCUT2D eigenvalue weighted by Gasteiger charge is -2.19. The fraction of sp³-hybridized carbons (Fsp3) is 0.400. The number of rotatable bonds is 5. The van der Waals surface area contributed by atoms with Crippen molar-refractivity contribution in [3.63, 3.8) is 0 Å². The van der Waals surface area contributed by atoms with Crippen LogP contribution in [-0.4, -0.2) is 26.3 Å². The first kappa shape index (κ1) is 19.8. The van der Waals surface area contributed by atoms with Gasteiger partial charge in [0.2, 0.25) is 0 Å². The number of fused-ring (bicyclic) bond motifs is 1. The predicted molar refractivity (Wildman–Crippen MR) is 109 cm³/mol. The zero-order chi connectivity index (χ0) is 19.6. The monoisotopic (exact) mass is 404 g/mol. The van der Waals surface area contributed by atoms with Gasteiger partial charge in [-0.25, -0.2) is 13.8 Å². The van der Waals surface area contributed by atoms with Crippen LogP contribution in [0.4, 0.5) is 0 Å². The molecule has 0 fully saturated rings. The molecule has 2 aromatic rings.